The number of rotatable bonds is 4. The fraction of sp³-hybridized carbons (Fsp3) is 0.737. The van der Waals surface area contributed by atoms with E-state index in [0.29, 0.717) is 0 Å². The lowest BCUT2D eigenvalue weighted by molar-refractivity contribution is -0.279. The molecule has 0 radical (unpaired) electrons. The Bertz CT molecular complexity index is 1820. The maximum Gasteiger partial charge on any atom is 0.341 e. The fourth-order valence-corrected chi connectivity index (χ4v) is 13.7. The van der Waals surface area contributed by atoms with Gasteiger partial charge in [0.15, 0.2) is 5.60 Å². The molecule has 8 fully saturated rings. The second-order valence-corrected chi connectivity index (χ2v) is 17.7. The van der Waals surface area contributed by atoms with Crippen LogP contribution in [0.25, 0.3) is 0 Å². The van der Waals surface area contributed by atoms with Gasteiger partial charge in [-0.25, -0.2) is 9.18 Å². The molecule has 3 heterocycles. The molecule has 0 aromatic heterocycles. The average Bonchev–Trinajstić information content (AvgIpc) is 3.99. The first-order valence-corrected chi connectivity index (χ1v) is 18.5. The molecule has 21 atom stereocenters. The van der Waals surface area contributed by atoms with Gasteiger partial charge in [0.2, 0.25) is 5.79 Å². The van der Waals surface area contributed by atoms with Crippen LogP contribution in [-0.2, 0) is 33.3 Å². The first-order valence-electron chi connectivity index (χ1n) is 18.5. The number of hydrogen-bond donors (Lipinski definition) is 6. The van der Waals surface area contributed by atoms with Crippen molar-refractivity contribution in [2.24, 2.45) is 57.7 Å². The van der Waals surface area contributed by atoms with Crippen molar-refractivity contribution < 1.29 is 68.0 Å². The van der Waals surface area contributed by atoms with Gasteiger partial charge in [-0.1, -0.05) is 13.8 Å². The van der Waals surface area contributed by atoms with E-state index in [1.54, 1.807) is 20.8 Å². The Labute approximate surface area is 304 Å². The van der Waals surface area contributed by atoms with E-state index >= 15 is 0 Å². The van der Waals surface area contributed by atoms with E-state index in [0.717, 1.165) is 19.1 Å². The summed E-state index contributed by atoms with van der Waals surface area (Å²) in [5.74, 6) is -12.4. The molecule has 6 N–H and O–H groups in total. The molecule has 1 aromatic rings. The maximum absolute atomic E-state index is 14.6. The number of nitrogens with one attached hydrogen (secondary N) is 1. The minimum absolute atomic E-state index is 0.0978. The number of benzene rings is 1. The highest BCUT2D eigenvalue weighted by Crippen LogP contribution is 2.80. The van der Waals surface area contributed by atoms with Crippen molar-refractivity contribution in [3.8, 4) is 0 Å². The number of esters is 2. The smallest absolute Gasteiger partial charge is 0.341 e. The highest BCUT2D eigenvalue weighted by atomic mass is 19.1. The summed E-state index contributed by atoms with van der Waals surface area (Å²) in [5.41, 5.74) is -7.10. The van der Waals surface area contributed by atoms with E-state index in [-0.39, 0.29) is 12.0 Å². The molecule has 3 saturated heterocycles. The predicted molar refractivity (Wildman–Crippen MR) is 174 cm³/mol. The molecule has 9 rings (SSSR count). The summed E-state index contributed by atoms with van der Waals surface area (Å²) < 4.78 is 37.6. The molecule has 3 aliphatic heterocycles. The van der Waals surface area contributed by atoms with Gasteiger partial charge in [0.05, 0.1) is 41.3 Å². The molecule has 14 nitrogen and oxygen atoms in total. The Morgan fingerprint density at radius 3 is 2.23 bits per heavy atom. The number of aliphatic hydroxyl groups is 5. The Kier molecular flexibility index (Phi) is 7.14. The number of hydrogen-bond acceptors (Lipinski definition) is 13. The Hall–Kier alpha value is -3.05. The molecule has 1 spiro atoms. The second-order valence-electron chi connectivity index (χ2n) is 17.7. The van der Waals surface area contributed by atoms with Gasteiger partial charge in [-0.2, -0.15) is 0 Å². The molecule has 5 saturated carbocycles. The third-order valence-corrected chi connectivity index (χ3v) is 16.0. The normalized spacial score (nSPS) is 56.5. The molecule has 0 unspecified atom stereocenters. The minimum atomic E-state index is -2.22. The van der Waals surface area contributed by atoms with Crippen LogP contribution in [0.2, 0.25) is 0 Å². The standard InChI is InChI=1S/C38H46FNO13/c1-12-20-23(35(5)36(6,49)33(48)53-38(35)31(12)52-38)26(44)21-19-22(28(50-14(3)42)30(46)37(20,21)13(2)41)34(4)17(11-18-27(51-18)29(34)45)24(25(19)43)40-32(47)15-7-9-16(39)10-8-15/h7-10,12,17-31,43-46,49H,11H2,1-6H3,(H,40,47)/t12-,17+,18-,19-,20-,21+,22+,23-,24+,25+,26+,27-,28-,29-,30-,31+,34-,35-,36+,37+,38-/m0/s1. The molecule has 288 valence electrons. The lowest BCUT2D eigenvalue weighted by atomic mass is 9.39. The lowest BCUT2D eigenvalue weighted by Gasteiger charge is -2.67. The molecule has 5 aliphatic carbocycles. The Balaban J connectivity index is 1.26. The number of carbonyl (C=O) groups is 4. The van der Waals surface area contributed by atoms with Gasteiger partial charge in [-0.3, -0.25) is 14.4 Å². The molecule has 1 aromatic carbocycles. The van der Waals surface area contributed by atoms with Crippen LogP contribution in [0.4, 0.5) is 4.39 Å². The SMILES string of the molecule is CC(=O)O[C@H]1[C@H]2[C@@H]([C@@H](O)[C@H](NC(=O)c3ccc(F)cc3)[C@H]3C[C@@H]4O[C@@H]4[C@H](O)[C@]23C)[C@@H]2[C@@H](O)[C@@H]3[C@H]([C@H](C)[C@H]4O[C@]45OC(=O)[C@@](C)(O)[C@]35C)[C@@]2(C(C)=O)[C@H]1O. The lowest BCUT2D eigenvalue weighted by Crippen LogP contribution is -2.77. The van der Waals surface area contributed by atoms with Crippen LogP contribution in [0, 0.1) is 63.5 Å². The number of halogens is 1. The quantitative estimate of drug-likeness (QED) is 0.175. The van der Waals surface area contributed by atoms with E-state index in [4.69, 9.17) is 18.9 Å². The number of carbonyl (C=O) groups excluding carboxylic acids is 4. The highest BCUT2D eigenvalue weighted by molar-refractivity contribution is 5.94. The van der Waals surface area contributed by atoms with Gasteiger partial charge in [-0.15, -0.1) is 0 Å². The van der Waals surface area contributed by atoms with Crippen LogP contribution in [0.1, 0.15) is 58.3 Å². The van der Waals surface area contributed by atoms with Crippen LogP contribution in [0.15, 0.2) is 24.3 Å². The zero-order chi connectivity index (χ0) is 38.3. The van der Waals surface area contributed by atoms with Crippen LogP contribution in [0.5, 0.6) is 0 Å². The predicted octanol–water partition coefficient (Wildman–Crippen LogP) is -0.151. The van der Waals surface area contributed by atoms with Gasteiger partial charge in [0, 0.05) is 41.6 Å². The largest absolute Gasteiger partial charge is 0.459 e. The molecule has 15 heteroatoms. The van der Waals surface area contributed by atoms with Crippen molar-refractivity contribution >= 4 is 23.6 Å². The van der Waals surface area contributed by atoms with E-state index < -0.39 is 153 Å². The Morgan fingerprint density at radius 2 is 1.60 bits per heavy atom. The fourth-order valence-electron chi connectivity index (χ4n) is 13.7. The van der Waals surface area contributed by atoms with Crippen molar-refractivity contribution in [1.82, 2.24) is 5.32 Å². The third-order valence-electron chi connectivity index (χ3n) is 16.0. The summed E-state index contributed by atoms with van der Waals surface area (Å²) in [6.45, 7) is 8.75. The maximum atomic E-state index is 14.6. The highest BCUT2D eigenvalue weighted by Gasteiger charge is 2.93. The minimum Gasteiger partial charge on any atom is -0.459 e. The molecule has 0 bridgehead atoms. The summed E-state index contributed by atoms with van der Waals surface area (Å²) in [5, 5.41) is 65.6. The van der Waals surface area contributed by atoms with Gasteiger partial charge in [-0.05, 0) is 69.2 Å². The number of ketones is 1. The molecule has 53 heavy (non-hydrogen) atoms. The van der Waals surface area contributed by atoms with Crippen LogP contribution < -0.4 is 5.32 Å². The topological polar surface area (TPSA) is 225 Å². The second kappa shape index (κ2) is 10.6. The summed E-state index contributed by atoms with van der Waals surface area (Å²) in [4.78, 5) is 54.8. The summed E-state index contributed by atoms with van der Waals surface area (Å²) >= 11 is 0. The van der Waals surface area contributed by atoms with E-state index in [9.17, 15) is 49.1 Å². The van der Waals surface area contributed by atoms with Gasteiger partial charge in [0.1, 0.15) is 36.0 Å². The summed E-state index contributed by atoms with van der Waals surface area (Å²) in [6.07, 6.45) is -9.31. The van der Waals surface area contributed by atoms with Gasteiger partial charge < -0.3 is 49.8 Å². The zero-order valence-electron chi connectivity index (χ0n) is 30.1. The molecular weight excluding hydrogens is 697 g/mol. The molecular formula is C38H46FNO13. The number of Topliss-reactive ketones (excluding diaryl/α,β-unsaturated/α-hetero) is 1. The summed E-state index contributed by atoms with van der Waals surface area (Å²) in [6, 6.07) is 3.69. The Morgan fingerprint density at radius 1 is 0.943 bits per heavy atom. The summed E-state index contributed by atoms with van der Waals surface area (Å²) in [7, 11) is 0. The third kappa shape index (κ3) is 3.87. The van der Waals surface area contributed by atoms with Crippen molar-refractivity contribution in [3.63, 3.8) is 0 Å². The van der Waals surface area contributed by atoms with Gasteiger partial charge >= 0.3 is 11.9 Å². The first-order chi connectivity index (χ1) is 24.7. The van der Waals surface area contributed by atoms with E-state index in [1.807, 2.05) is 0 Å². The van der Waals surface area contributed by atoms with E-state index in [2.05, 4.69) is 5.32 Å². The number of fused-ring (bicyclic) bond motifs is 9. The first kappa shape index (κ1) is 35.6. The zero-order valence-corrected chi connectivity index (χ0v) is 30.1. The number of aliphatic hydroxyl groups excluding tert-OH is 4. The van der Waals surface area contributed by atoms with Crippen LogP contribution >= 0.6 is 0 Å². The van der Waals surface area contributed by atoms with Gasteiger partial charge in [0.25, 0.3) is 5.91 Å². The molecule has 8 aliphatic rings. The molecule has 1 amide bonds. The van der Waals surface area contributed by atoms with Crippen molar-refractivity contribution in [3.05, 3.63) is 35.6 Å². The number of amides is 1. The van der Waals surface area contributed by atoms with Crippen LogP contribution in [-0.4, -0.2) is 115 Å². The van der Waals surface area contributed by atoms with Crippen molar-refractivity contribution in [2.45, 2.75) is 114 Å². The number of ether oxygens (including phenoxy) is 4. The van der Waals surface area contributed by atoms with Crippen molar-refractivity contribution in [1.29, 1.82) is 0 Å². The van der Waals surface area contributed by atoms with Crippen molar-refractivity contribution in [2.75, 3.05) is 0 Å². The van der Waals surface area contributed by atoms with Crippen LogP contribution in [0.3, 0.4) is 0 Å². The number of epoxide rings is 2. The monoisotopic (exact) mass is 743 g/mol. The average molecular weight is 744 g/mol. The van der Waals surface area contributed by atoms with E-state index in [1.165, 1.54) is 26.0 Å².